The maximum atomic E-state index is 13.7. The fourth-order valence-corrected chi connectivity index (χ4v) is 1.69. The van der Waals surface area contributed by atoms with Crippen molar-refractivity contribution >= 4 is 0 Å². The summed E-state index contributed by atoms with van der Waals surface area (Å²) in [6.07, 6.45) is 2.82. The van der Waals surface area contributed by atoms with E-state index in [0.717, 1.165) is 24.2 Å². The number of rotatable bonds is 5. The van der Waals surface area contributed by atoms with Gasteiger partial charge in [0.05, 0.1) is 11.9 Å². The second-order valence-electron chi connectivity index (χ2n) is 4.29. The minimum absolute atomic E-state index is 0.293. The second-order valence-corrected chi connectivity index (χ2v) is 4.29. The molecule has 0 saturated heterocycles. The molecule has 0 aliphatic carbocycles. The molecular weight excluding hydrogens is 231 g/mol. The van der Waals surface area contributed by atoms with Gasteiger partial charge in [0.2, 0.25) is 0 Å². The van der Waals surface area contributed by atoms with Crippen LogP contribution in [0.25, 0.3) is 5.69 Å². The largest absolute Gasteiger partial charge is 0.311 e. The molecule has 2 aromatic rings. The molecule has 0 fully saturated rings. The van der Waals surface area contributed by atoms with Gasteiger partial charge < -0.3 is 5.32 Å². The molecule has 5 heteroatoms. The second kappa shape index (κ2) is 5.73. The predicted molar refractivity (Wildman–Crippen MR) is 68.1 cm³/mol. The third-order valence-corrected chi connectivity index (χ3v) is 2.62. The molecule has 18 heavy (non-hydrogen) atoms. The summed E-state index contributed by atoms with van der Waals surface area (Å²) in [4.78, 5) is 0. The van der Waals surface area contributed by atoms with Gasteiger partial charge in [-0.2, -0.15) is 0 Å². The first-order valence-electron chi connectivity index (χ1n) is 6.09. The first kappa shape index (κ1) is 12.7. The summed E-state index contributed by atoms with van der Waals surface area (Å²) >= 11 is 0. The molecule has 0 spiro atoms. The summed E-state index contributed by atoms with van der Waals surface area (Å²) in [6.45, 7) is 5.61. The van der Waals surface area contributed by atoms with E-state index in [9.17, 15) is 4.39 Å². The SMILES string of the molecule is CCCNCc1cn(-c2cc(C)ccc2F)nn1. The van der Waals surface area contributed by atoms with Crippen molar-refractivity contribution in [1.29, 1.82) is 0 Å². The van der Waals surface area contributed by atoms with E-state index in [0.29, 0.717) is 12.2 Å². The van der Waals surface area contributed by atoms with E-state index in [4.69, 9.17) is 0 Å². The Kier molecular flexibility index (Phi) is 4.04. The number of nitrogens with zero attached hydrogens (tertiary/aromatic N) is 3. The topological polar surface area (TPSA) is 42.7 Å². The molecule has 0 aliphatic rings. The molecule has 1 N–H and O–H groups in total. The van der Waals surface area contributed by atoms with Gasteiger partial charge >= 0.3 is 0 Å². The normalized spacial score (nSPS) is 10.8. The highest BCUT2D eigenvalue weighted by Gasteiger charge is 2.07. The average molecular weight is 248 g/mol. The van der Waals surface area contributed by atoms with Crippen molar-refractivity contribution in [2.75, 3.05) is 6.54 Å². The van der Waals surface area contributed by atoms with Crippen LogP contribution >= 0.6 is 0 Å². The Balaban J connectivity index is 2.16. The Morgan fingerprint density at radius 3 is 3.00 bits per heavy atom. The fourth-order valence-electron chi connectivity index (χ4n) is 1.69. The summed E-state index contributed by atoms with van der Waals surface area (Å²) < 4.78 is 15.1. The Labute approximate surface area is 106 Å². The van der Waals surface area contributed by atoms with E-state index < -0.39 is 0 Å². The molecule has 0 aliphatic heterocycles. The molecule has 96 valence electrons. The van der Waals surface area contributed by atoms with Crippen LogP contribution in [-0.4, -0.2) is 21.5 Å². The third-order valence-electron chi connectivity index (χ3n) is 2.62. The number of aryl methyl sites for hydroxylation is 1. The van der Waals surface area contributed by atoms with Gasteiger partial charge in [-0.05, 0) is 37.6 Å². The monoisotopic (exact) mass is 248 g/mol. The van der Waals surface area contributed by atoms with E-state index in [1.54, 1.807) is 18.3 Å². The van der Waals surface area contributed by atoms with E-state index in [1.165, 1.54) is 10.7 Å². The lowest BCUT2D eigenvalue weighted by Crippen LogP contribution is -2.13. The van der Waals surface area contributed by atoms with Crippen LogP contribution in [0.3, 0.4) is 0 Å². The zero-order chi connectivity index (χ0) is 13.0. The van der Waals surface area contributed by atoms with Crippen molar-refractivity contribution in [2.24, 2.45) is 0 Å². The van der Waals surface area contributed by atoms with Crippen LogP contribution in [-0.2, 0) is 6.54 Å². The van der Waals surface area contributed by atoms with E-state index in [-0.39, 0.29) is 5.82 Å². The molecule has 0 unspecified atom stereocenters. The molecule has 1 heterocycles. The molecule has 4 nitrogen and oxygen atoms in total. The van der Waals surface area contributed by atoms with Crippen LogP contribution in [0.15, 0.2) is 24.4 Å². The summed E-state index contributed by atoms with van der Waals surface area (Å²) in [5.74, 6) is -0.293. The standard InChI is InChI=1S/C13H17FN4/c1-3-6-15-8-11-9-18(17-16-11)13-7-10(2)4-5-12(13)14/h4-5,7,9,15H,3,6,8H2,1-2H3. The van der Waals surface area contributed by atoms with Crippen LogP contribution < -0.4 is 5.32 Å². The first-order chi connectivity index (χ1) is 8.70. The van der Waals surface area contributed by atoms with Crippen LogP contribution in [0.5, 0.6) is 0 Å². The zero-order valence-corrected chi connectivity index (χ0v) is 10.7. The van der Waals surface area contributed by atoms with Crippen LogP contribution in [0.4, 0.5) is 4.39 Å². The number of hydrogen-bond donors (Lipinski definition) is 1. The third kappa shape index (κ3) is 2.92. The summed E-state index contributed by atoms with van der Waals surface area (Å²) in [6, 6.07) is 4.94. The predicted octanol–water partition coefficient (Wildman–Crippen LogP) is 2.21. The summed E-state index contributed by atoms with van der Waals surface area (Å²) in [7, 11) is 0. The summed E-state index contributed by atoms with van der Waals surface area (Å²) in [5.41, 5.74) is 2.24. The van der Waals surface area contributed by atoms with Crippen molar-refractivity contribution in [3.63, 3.8) is 0 Å². The van der Waals surface area contributed by atoms with Gasteiger partial charge in [-0.25, -0.2) is 9.07 Å². The minimum Gasteiger partial charge on any atom is -0.311 e. The Bertz CT molecular complexity index is 521. The van der Waals surface area contributed by atoms with Crippen molar-refractivity contribution < 1.29 is 4.39 Å². The van der Waals surface area contributed by atoms with Crippen LogP contribution in [0.2, 0.25) is 0 Å². The molecule has 0 amide bonds. The number of hydrogen-bond acceptors (Lipinski definition) is 3. The maximum absolute atomic E-state index is 13.7. The molecule has 0 atom stereocenters. The molecule has 1 aromatic carbocycles. The van der Waals surface area contributed by atoms with E-state index in [2.05, 4.69) is 22.6 Å². The molecule has 0 radical (unpaired) electrons. The van der Waals surface area contributed by atoms with Gasteiger partial charge in [0.25, 0.3) is 0 Å². The Morgan fingerprint density at radius 1 is 1.39 bits per heavy atom. The lowest BCUT2D eigenvalue weighted by Gasteiger charge is -2.03. The Morgan fingerprint density at radius 2 is 2.22 bits per heavy atom. The van der Waals surface area contributed by atoms with Gasteiger partial charge in [0, 0.05) is 6.54 Å². The highest BCUT2D eigenvalue weighted by molar-refractivity contribution is 5.36. The summed E-state index contributed by atoms with van der Waals surface area (Å²) in [5, 5.41) is 11.2. The molecule has 0 saturated carbocycles. The van der Waals surface area contributed by atoms with Gasteiger partial charge in [0.1, 0.15) is 11.5 Å². The smallest absolute Gasteiger partial charge is 0.148 e. The van der Waals surface area contributed by atoms with Crippen molar-refractivity contribution in [2.45, 2.75) is 26.8 Å². The highest BCUT2D eigenvalue weighted by atomic mass is 19.1. The van der Waals surface area contributed by atoms with Gasteiger partial charge in [-0.1, -0.05) is 18.2 Å². The number of aromatic nitrogens is 3. The zero-order valence-electron chi connectivity index (χ0n) is 10.7. The number of halogens is 1. The average Bonchev–Trinajstić information content (AvgIpc) is 2.81. The maximum Gasteiger partial charge on any atom is 0.148 e. The van der Waals surface area contributed by atoms with Gasteiger partial charge in [-0.3, -0.25) is 0 Å². The lowest BCUT2D eigenvalue weighted by atomic mass is 10.2. The first-order valence-corrected chi connectivity index (χ1v) is 6.09. The van der Waals surface area contributed by atoms with Crippen LogP contribution in [0, 0.1) is 12.7 Å². The number of nitrogens with one attached hydrogen (secondary N) is 1. The quantitative estimate of drug-likeness (QED) is 0.825. The number of benzene rings is 1. The van der Waals surface area contributed by atoms with Crippen LogP contribution in [0.1, 0.15) is 24.6 Å². The Hall–Kier alpha value is -1.75. The van der Waals surface area contributed by atoms with Crippen molar-refractivity contribution in [3.05, 3.63) is 41.5 Å². The molecule has 0 bridgehead atoms. The molecular formula is C13H17FN4. The molecule has 2 rings (SSSR count). The van der Waals surface area contributed by atoms with Gasteiger partial charge in [0.15, 0.2) is 0 Å². The van der Waals surface area contributed by atoms with Crippen molar-refractivity contribution in [1.82, 2.24) is 20.3 Å². The van der Waals surface area contributed by atoms with Crippen molar-refractivity contribution in [3.8, 4) is 5.69 Å². The van der Waals surface area contributed by atoms with E-state index >= 15 is 0 Å². The fraction of sp³-hybridized carbons (Fsp3) is 0.385. The van der Waals surface area contributed by atoms with Gasteiger partial charge in [-0.15, -0.1) is 5.10 Å². The lowest BCUT2D eigenvalue weighted by molar-refractivity contribution is 0.606. The van der Waals surface area contributed by atoms with E-state index in [1.807, 2.05) is 6.92 Å². The highest BCUT2D eigenvalue weighted by Crippen LogP contribution is 2.14. The molecule has 1 aromatic heterocycles. The minimum atomic E-state index is -0.293.